The third-order valence-corrected chi connectivity index (χ3v) is 5.30. The number of thioether (sulfide) groups is 1. The number of hydrogen-bond donors (Lipinski definition) is 1. The van der Waals surface area contributed by atoms with Crippen LogP contribution in [0, 0.1) is 19.8 Å². The fraction of sp³-hybridized carbons (Fsp3) is 0.588. The van der Waals surface area contributed by atoms with Gasteiger partial charge in [0.1, 0.15) is 0 Å². The van der Waals surface area contributed by atoms with Crippen molar-refractivity contribution in [2.75, 3.05) is 32.4 Å². The fourth-order valence-corrected chi connectivity index (χ4v) is 3.80. The molecule has 0 aliphatic carbocycles. The molecule has 1 aromatic carbocycles. The number of nitrogens with zero attached hydrogens (tertiary/aromatic N) is 1. The molecule has 0 unspecified atom stereocenters. The summed E-state index contributed by atoms with van der Waals surface area (Å²) in [5, 5.41) is 3.23. The van der Waals surface area contributed by atoms with Gasteiger partial charge in [0.2, 0.25) is 5.91 Å². The molecule has 116 valence electrons. The van der Waals surface area contributed by atoms with E-state index in [1.54, 1.807) is 11.8 Å². The summed E-state index contributed by atoms with van der Waals surface area (Å²) in [6.45, 7) is 7.10. The van der Waals surface area contributed by atoms with E-state index >= 15 is 0 Å². The summed E-state index contributed by atoms with van der Waals surface area (Å²) < 4.78 is 0. The number of benzene rings is 1. The Balaban J connectivity index is 1.81. The van der Waals surface area contributed by atoms with E-state index in [0.717, 1.165) is 38.4 Å². The smallest absolute Gasteiger partial charge is 0.232 e. The number of nitrogens with one attached hydrogen (secondary N) is 1. The molecule has 0 aromatic heterocycles. The van der Waals surface area contributed by atoms with E-state index in [-0.39, 0.29) is 5.91 Å². The van der Waals surface area contributed by atoms with Crippen molar-refractivity contribution >= 4 is 17.7 Å². The molecule has 4 heteroatoms. The Bertz CT molecular complexity index is 482. The van der Waals surface area contributed by atoms with Gasteiger partial charge in [-0.3, -0.25) is 4.79 Å². The lowest BCUT2D eigenvalue weighted by Crippen LogP contribution is -2.41. The number of hydrogen-bond acceptors (Lipinski definition) is 3. The molecule has 21 heavy (non-hydrogen) atoms. The zero-order valence-electron chi connectivity index (χ0n) is 13.3. The first kappa shape index (κ1) is 16.4. The minimum Gasteiger partial charge on any atom is -0.342 e. The standard InChI is InChI=1S/C17H26N2OS/c1-13-4-5-14(2)16(10-13)21-12-17(20)19-8-6-15(7-9-19)11-18-3/h4-5,10,15,18H,6-9,11-12H2,1-3H3. The topological polar surface area (TPSA) is 32.3 Å². The van der Waals surface area contributed by atoms with E-state index in [1.165, 1.54) is 16.0 Å². The average molecular weight is 306 g/mol. The Kier molecular flexibility index (Phi) is 6.12. The number of carbonyl (C=O) groups is 1. The first-order chi connectivity index (χ1) is 10.1. The van der Waals surface area contributed by atoms with Crippen molar-refractivity contribution in [3.63, 3.8) is 0 Å². The highest BCUT2D eigenvalue weighted by molar-refractivity contribution is 8.00. The van der Waals surface area contributed by atoms with Gasteiger partial charge in [-0.2, -0.15) is 0 Å². The van der Waals surface area contributed by atoms with Gasteiger partial charge in [-0.25, -0.2) is 0 Å². The van der Waals surface area contributed by atoms with Gasteiger partial charge < -0.3 is 10.2 Å². The van der Waals surface area contributed by atoms with Gasteiger partial charge in [-0.1, -0.05) is 17.7 Å². The maximum absolute atomic E-state index is 12.3. The second-order valence-corrected chi connectivity index (χ2v) is 6.96. The largest absolute Gasteiger partial charge is 0.342 e. The van der Waals surface area contributed by atoms with Crippen molar-refractivity contribution in [3.05, 3.63) is 29.3 Å². The van der Waals surface area contributed by atoms with Crippen molar-refractivity contribution in [2.45, 2.75) is 31.6 Å². The maximum atomic E-state index is 12.3. The molecule has 1 aliphatic heterocycles. The highest BCUT2D eigenvalue weighted by atomic mass is 32.2. The molecular formula is C17H26N2OS. The molecule has 1 amide bonds. The number of piperidine rings is 1. The molecule has 1 saturated heterocycles. The number of aryl methyl sites for hydroxylation is 2. The second kappa shape index (κ2) is 7.85. The first-order valence-corrected chi connectivity index (χ1v) is 8.71. The normalized spacial score (nSPS) is 16.2. The van der Waals surface area contributed by atoms with Gasteiger partial charge in [-0.15, -0.1) is 11.8 Å². The van der Waals surface area contributed by atoms with Crippen LogP contribution in [0.5, 0.6) is 0 Å². The third-order valence-electron chi connectivity index (χ3n) is 4.15. The summed E-state index contributed by atoms with van der Waals surface area (Å²) in [6, 6.07) is 6.42. The van der Waals surface area contributed by atoms with Crippen LogP contribution in [0.25, 0.3) is 0 Å². The molecule has 0 radical (unpaired) electrons. The Morgan fingerprint density at radius 1 is 1.33 bits per heavy atom. The Morgan fingerprint density at radius 3 is 2.71 bits per heavy atom. The van der Waals surface area contributed by atoms with E-state index in [4.69, 9.17) is 0 Å². The van der Waals surface area contributed by atoms with Gasteiger partial charge in [0.05, 0.1) is 5.75 Å². The number of likely N-dealkylation sites (tertiary alicyclic amines) is 1. The van der Waals surface area contributed by atoms with E-state index in [2.05, 4.69) is 37.4 Å². The molecule has 1 fully saturated rings. The van der Waals surface area contributed by atoms with Crippen LogP contribution in [-0.4, -0.2) is 43.2 Å². The summed E-state index contributed by atoms with van der Waals surface area (Å²) in [4.78, 5) is 15.6. The average Bonchev–Trinajstić information content (AvgIpc) is 2.49. The summed E-state index contributed by atoms with van der Waals surface area (Å²) in [5.41, 5.74) is 2.51. The van der Waals surface area contributed by atoms with E-state index < -0.39 is 0 Å². The van der Waals surface area contributed by atoms with Crippen LogP contribution in [0.2, 0.25) is 0 Å². The molecular weight excluding hydrogens is 280 g/mol. The van der Waals surface area contributed by atoms with Gasteiger partial charge in [0, 0.05) is 18.0 Å². The Labute approximate surface area is 132 Å². The molecule has 0 atom stereocenters. The van der Waals surface area contributed by atoms with Crippen molar-refractivity contribution in [2.24, 2.45) is 5.92 Å². The number of rotatable bonds is 5. The first-order valence-electron chi connectivity index (χ1n) is 7.72. The summed E-state index contributed by atoms with van der Waals surface area (Å²) >= 11 is 1.67. The SMILES string of the molecule is CNCC1CCN(C(=O)CSc2cc(C)ccc2C)CC1. The van der Waals surface area contributed by atoms with Crippen molar-refractivity contribution in [3.8, 4) is 0 Å². The predicted molar refractivity (Wildman–Crippen MR) is 89.9 cm³/mol. The second-order valence-electron chi connectivity index (χ2n) is 5.94. The minimum absolute atomic E-state index is 0.281. The van der Waals surface area contributed by atoms with Crippen LogP contribution in [0.4, 0.5) is 0 Å². The summed E-state index contributed by atoms with van der Waals surface area (Å²) in [5.74, 6) is 1.57. The van der Waals surface area contributed by atoms with Crippen LogP contribution in [0.1, 0.15) is 24.0 Å². The molecule has 1 heterocycles. The molecule has 2 rings (SSSR count). The van der Waals surface area contributed by atoms with Crippen molar-refractivity contribution in [1.29, 1.82) is 0 Å². The lowest BCUT2D eigenvalue weighted by molar-refractivity contribution is -0.129. The predicted octanol–water partition coefficient (Wildman–Crippen LogP) is 2.85. The quantitative estimate of drug-likeness (QED) is 0.849. The molecule has 0 saturated carbocycles. The molecule has 1 aliphatic rings. The Morgan fingerprint density at radius 2 is 2.05 bits per heavy atom. The fourth-order valence-electron chi connectivity index (χ4n) is 2.77. The lowest BCUT2D eigenvalue weighted by atomic mass is 9.97. The van der Waals surface area contributed by atoms with E-state index in [0.29, 0.717) is 5.75 Å². The van der Waals surface area contributed by atoms with E-state index in [9.17, 15) is 4.79 Å². The van der Waals surface area contributed by atoms with Crippen LogP contribution >= 0.6 is 11.8 Å². The highest BCUT2D eigenvalue weighted by Crippen LogP contribution is 2.25. The molecule has 3 nitrogen and oxygen atoms in total. The van der Waals surface area contributed by atoms with Gasteiger partial charge in [0.15, 0.2) is 0 Å². The third kappa shape index (κ3) is 4.75. The van der Waals surface area contributed by atoms with E-state index in [1.807, 2.05) is 11.9 Å². The summed E-state index contributed by atoms with van der Waals surface area (Å²) in [7, 11) is 2.00. The molecule has 1 N–H and O–H groups in total. The summed E-state index contributed by atoms with van der Waals surface area (Å²) in [6.07, 6.45) is 2.25. The maximum Gasteiger partial charge on any atom is 0.232 e. The van der Waals surface area contributed by atoms with Gasteiger partial charge in [-0.05, 0) is 57.8 Å². The zero-order valence-corrected chi connectivity index (χ0v) is 14.1. The van der Waals surface area contributed by atoms with Crippen LogP contribution in [0.3, 0.4) is 0 Å². The van der Waals surface area contributed by atoms with Crippen LogP contribution in [-0.2, 0) is 4.79 Å². The highest BCUT2D eigenvalue weighted by Gasteiger charge is 2.22. The minimum atomic E-state index is 0.281. The molecule has 0 bridgehead atoms. The van der Waals surface area contributed by atoms with Crippen molar-refractivity contribution in [1.82, 2.24) is 10.2 Å². The van der Waals surface area contributed by atoms with Crippen LogP contribution in [0.15, 0.2) is 23.1 Å². The monoisotopic (exact) mass is 306 g/mol. The van der Waals surface area contributed by atoms with Gasteiger partial charge >= 0.3 is 0 Å². The van der Waals surface area contributed by atoms with Crippen molar-refractivity contribution < 1.29 is 4.79 Å². The van der Waals surface area contributed by atoms with Gasteiger partial charge in [0.25, 0.3) is 0 Å². The number of carbonyl (C=O) groups excluding carboxylic acids is 1. The molecule has 1 aromatic rings. The van der Waals surface area contributed by atoms with Crippen LogP contribution < -0.4 is 5.32 Å². The zero-order chi connectivity index (χ0) is 15.2. The Hall–Kier alpha value is -1.00. The number of amides is 1. The lowest BCUT2D eigenvalue weighted by Gasteiger charge is -2.32. The molecule has 0 spiro atoms.